The molecule has 0 saturated heterocycles. The molecule has 1 N–H and O–H groups in total. The van der Waals surface area contributed by atoms with Crippen LogP contribution in [0.15, 0.2) is 55.0 Å². The van der Waals surface area contributed by atoms with E-state index < -0.39 is 23.5 Å². The first-order valence-electron chi connectivity index (χ1n) is 8.69. The van der Waals surface area contributed by atoms with Crippen LogP contribution in [0.5, 0.6) is 0 Å². The normalized spacial score (nSPS) is 11.6. The molecule has 3 aromatic heterocycles. The minimum atomic E-state index is -4.57. The van der Waals surface area contributed by atoms with Gasteiger partial charge in [0.05, 0.1) is 28.8 Å². The van der Waals surface area contributed by atoms with Crippen molar-refractivity contribution in [2.45, 2.75) is 13.1 Å². The van der Waals surface area contributed by atoms with Crippen LogP contribution in [0.3, 0.4) is 0 Å². The molecule has 152 valence electrons. The van der Waals surface area contributed by atoms with Gasteiger partial charge in [-0.15, -0.1) is 0 Å². The molecule has 3 heterocycles. The lowest BCUT2D eigenvalue weighted by Gasteiger charge is -2.12. The molecule has 1 amide bonds. The van der Waals surface area contributed by atoms with Gasteiger partial charge >= 0.3 is 6.18 Å². The molecule has 0 spiro atoms. The van der Waals surface area contributed by atoms with Crippen LogP contribution in [0.4, 0.5) is 23.2 Å². The minimum Gasteiger partial charge on any atom is -0.319 e. The molecule has 6 nitrogen and oxygen atoms in total. The second-order valence-corrected chi connectivity index (χ2v) is 6.39. The van der Waals surface area contributed by atoms with Crippen molar-refractivity contribution in [3.63, 3.8) is 0 Å². The van der Waals surface area contributed by atoms with Gasteiger partial charge in [0.2, 0.25) is 0 Å². The predicted octanol–water partition coefficient (Wildman–Crippen LogP) is 4.51. The molecule has 0 aliphatic heterocycles. The predicted molar refractivity (Wildman–Crippen MR) is 100 cm³/mol. The average Bonchev–Trinajstić information content (AvgIpc) is 3.04. The van der Waals surface area contributed by atoms with Gasteiger partial charge in [-0.2, -0.15) is 18.3 Å². The fraction of sp³-hybridized carbons (Fsp3) is 0.100. The fourth-order valence-electron chi connectivity index (χ4n) is 3.07. The van der Waals surface area contributed by atoms with Crippen LogP contribution < -0.4 is 5.32 Å². The molecule has 0 aliphatic carbocycles. The Morgan fingerprint density at radius 3 is 2.63 bits per heavy atom. The number of halogens is 4. The van der Waals surface area contributed by atoms with E-state index in [1.54, 1.807) is 6.92 Å². The zero-order chi connectivity index (χ0) is 21.5. The molecule has 4 aromatic rings. The Balaban J connectivity index is 1.82. The largest absolute Gasteiger partial charge is 0.417 e. The van der Waals surface area contributed by atoms with Crippen molar-refractivity contribution >= 4 is 17.2 Å². The summed E-state index contributed by atoms with van der Waals surface area (Å²) in [5.74, 6) is -1.42. The Labute approximate surface area is 167 Å². The molecule has 30 heavy (non-hydrogen) atoms. The SMILES string of the molecule is Cc1nn2ccc(-c3ccccc3C(F)(F)F)nc2c1C(=O)Nc1ccncc1F. The Kier molecular flexibility index (Phi) is 4.69. The van der Waals surface area contributed by atoms with Crippen molar-refractivity contribution in [2.75, 3.05) is 5.32 Å². The maximum absolute atomic E-state index is 13.8. The second kappa shape index (κ2) is 7.21. The fourth-order valence-corrected chi connectivity index (χ4v) is 3.07. The number of rotatable bonds is 3. The summed E-state index contributed by atoms with van der Waals surface area (Å²) in [4.78, 5) is 20.6. The lowest BCUT2D eigenvalue weighted by atomic mass is 10.0. The Hall–Kier alpha value is -3.82. The van der Waals surface area contributed by atoms with Gasteiger partial charge in [-0.25, -0.2) is 13.9 Å². The molecule has 1 aromatic carbocycles. The monoisotopic (exact) mass is 415 g/mol. The highest BCUT2D eigenvalue weighted by molar-refractivity contribution is 6.09. The van der Waals surface area contributed by atoms with E-state index in [2.05, 4.69) is 20.4 Å². The number of fused-ring (bicyclic) bond motifs is 1. The minimum absolute atomic E-state index is 0.0255. The maximum atomic E-state index is 13.8. The van der Waals surface area contributed by atoms with Gasteiger partial charge < -0.3 is 5.32 Å². The summed E-state index contributed by atoms with van der Waals surface area (Å²) in [6, 6.07) is 7.69. The van der Waals surface area contributed by atoms with Crippen LogP contribution >= 0.6 is 0 Å². The van der Waals surface area contributed by atoms with Crippen molar-refractivity contribution in [3.8, 4) is 11.3 Å². The first kappa shape index (κ1) is 19.5. The third-order valence-corrected chi connectivity index (χ3v) is 4.42. The summed E-state index contributed by atoms with van der Waals surface area (Å²) in [5, 5.41) is 6.58. The molecule has 0 fully saturated rings. The molecule has 0 radical (unpaired) electrons. The van der Waals surface area contributed by atoms with Crippen molar-refractivity contribution in [2.24, 2.45) is 0 Å². The number of nitrogens with zero attached hydrogens (tertiary/aromatic N) is 4. The van der Waals surface area contributed by atoms with E-state index >= 15 is 0 Å². The summed E-state index contributed by atoms with van der Waals surface area (Å²) in [6.07, 6.45) is -0.893. The van der Waals surface area contributed by atoms with Crippen molar-refractivity contribution < 1.29 is 22.4 Å². The zero-order valence-electron chi connectivity index (χ0n) is 15.4. The van der Waals surface area contributed by atoms with Crippen LogP contribution in [-0.4, -0.2) is 25.5 Å². The van der Waals surface area contributed by atoms with E-state index in [9.17, 15) is 22.4 Å². The van der Waals surface area contributed by atoms with Crippen molar-refractivity contribution in [1.82, 2.24) is 19.6 Å². The number of aryl methyl sites for hydroxylation is 1. The summed E-state index contributed by atoms with van der Waals surface area (Å²) in [5.41, 5.74) is -0.671. The molecular weight excluding hydrogens is 402 g/mol. The number of hydrogen-bond donors (Lipinski definition) is 1. The van der Waals surface area contributed by atoms with Gasteiger partial charge in [-0.1, -0.05) is 18.2 Å². The van der Waals surface area contributed by atoms with E-state index in [-0.39, 0.29) is 33.8 Å². The highest BCUT2D eigenvalue weighted by atomic mass is 19.4. The van der Waals surface area contributed by atoms with E-state index in [1.807, 2.05) is 0 Å². The van der Waals surface area contributed by atoms with Crippen LogP contribution in [0.2, 0.25) is 0 Å². The lowest BCUT2D eigenvalue weighted by molar-refractivity contribution is -0.137. The van der Waals surface area contributed by atoms with E-state index in [1.165, 1.54) is 47.2 Å². The molecule has 0 saturated carbocycles. The number of carbonyl (C=O) groups excluding carboxylic acids is 1. The van der Waals surface area contributed by atoms with E-state index in [4.69, 9.17) is 0 Å². The van der Waals surface area contributed by atoms with Gasteiger partial charge in [0.1, 0.15) is 5.56 Å². The van der Waals surface area contributed by atoms with Gasteiger partial charge in [0.15, 0.2) is 11.5 Å². The number of benzene rings is 1. The molecule has 0 unspecified atom stereocenters. The maximum Gasteiger partial charge on any atom is 0.417 e. The van der Waals surface area contributed by atoms with Crippen LogP contribution in [0.1, 0.15) is 21.6 Å². The zero-order valence-corrected chi connectivity index (χ0v) is 15.4. The summed E-state index contributed by atoms with van der Waals surface area (Å²) >= 11 is 0. The molecule has 0 atom stereocenters. The second-order valence-electron chi connectivity index (χ2n) is 6.39. The van der Waals surface area contributed by atoms with Crippen LogP contribution in [0.25, 0.3) is 16.9 Å². The number of pyridine rings is 1. The molecule has 0 aliphatic rings. The number of aromatic nitrogens is 4. The number of nitrogens with one attached hydrogen (secondary N) is 1. The number of anilines is 1. The molecule has 4 rings (SSSR count). The smallest absolute Gasteiger partial charge is 0.319 e. The lowest BCUT2D eigenvalue weighted by Crippen LogP contribution is -2.14. The van der Waals surface area contributed by atoms with Gasteiger partial charge in [-0.05, 0) is 25.1 Å². The number of hydrogen-bond acceptors (Lipinski definition) is 4. The quantitative estimate of drug-likeness (QED) is 0.500. The molecular formula is C20H13F4N5O. The van der Waals surface area contributed by atoms with Gasteiger partial charge in [0, 0.05) is 18.0 Å². The Morgan fingerprint density at radius 2 is 1.90 bits per heavy atom. The first-order valence-corrected chi connectivity index (χ1v) is 8.69. The van der Waals surface area contributed by atoms with Crippen LogP contribution in [-0.2, 0) is 6.18 Å². The van der Waals surface area contributed by atoms with Gasteiger partial charge in [-0.3, -0.25) is 9.78 Å². The van der Waals surface area contributed by atoms with Crippen molar-refractivity contribution in [3.05, 3.63) is 77.6 Å². The van der Waals surface area contributed by atoms with Crippen molar-refractivity contribution in [1.29, 1.82) is 0 Å². The number of amides is 1. The third kappa shape index (κ3) is 3.47. The van der Waals surface area contributed by atoms with Gasteiger partial charge in [0.25, 0.3) is 5.91 Å². The van der Waals surface area contributed by atoms with E-state index in [0.29, 0.717) is 0 Å². The topological polar surface area (TPSA) is 72.2 Å². The summed E-state index contributed by atoms with van der Waals surface area (Å²) in [7, 11) is 0. The first-order chi connectivity index (χ1) is 14.3. The highest BCUT2D eigenvalue weighted by Crippen LogP contribution is 2.36. The molecule has 10 heteroatoms. The number of carbonyl (C=O) groups is 1. The van der Waals surface area contributed by atoms with Crippen LogP contribution in [0, 0.1) is 12.7 Å². The van der Waals surface area contributed by atoms with E-state index in [0.717, 1.165) is 12.3 Å². The highest BCUT2D eigenvalue weighted by Gasteiger charge is 2.33. The summed E-state index contributed by atoms with van der Waals surface area (Å²) < 4.78 is 55.3. The number of alkyl halides is 3. The summed E-state index contributed by atoms with van der Waals surface area (Å²) in [6.45, 7) is 1.55. The Bertz CT molecular complexity index is 1270. The average molecular weight is 415 g/mol. The third-order valence-electron chi connectivity index (χ3n) is 4.42. The molecule has 0 bridgehead atoms. The Morgan fingerprint density at radius 1 is 1.13 bits per heavy atom. The standard InChI is InChI=1S/C20H13F4N5O/c1-11-17(19(30)27-16-6-8-25-10-14(16)21)18-26-15(7-9-29(18)28-11)12-4-2-3-5-13(12)20(22,23)24/h2-10H,1H3,(H,25,27,30).